The molecule has 0 bridgehead atoms. The molecule has 0 saturated carbocycles. The lowest BCUT2D eigenvalue weighted by molar-refractivity contribution is 0.0945. The number of aliphatic hydroxyl groups is 1. The van der Waals surface area contributed by atoms with Crippen LogP contribution in [0.2, 0.25) is 0 Å². The highest BCUT2D eigenvalue weighted by atomic mass is 16.3. The summed E-state index contributed by atoms with van der Waals surface area (Å²) in [5, 5.41) is 16.0. The molecule has 1 amide bonds. The molecule has 3 aromatic heterocycles. The first-order valence-corrected chi connectivity index (χ1v) is 7.30. The molecule has 0 aromatic carbocycles. The molecule has 3 aromatic rings. The average Bonchev–Trinajstić information content (AvgIpc) is 2.96. The molecule has 0 saturated heterocycles. The Bertz CT molecular complexity index is 843. The summed E-state index contributed by atoms with van der Waals surface area (Å²) in [4.78, 5) is 20.6. The van der Waals surface area contributed by atoms with Gasteiger partial charge in [0.25, 0.3) is 5.91 Å². The van der Waals surface area contributed by atoms with Gasteiger partial charge in [-0.2, -0.15) is 5.10 Å². The highest BCUT2D eigenvalue weighted by Gasteiger charge is 2.12. The molecule has 0 atom stereocenters. The van der Waals surface area contributed by atoms with Crippen LogP contribution in [0.25, 0.3) is 5.65 Å². The van der Waals surface area contributed by atoms with Crippen LogP contribution in [0, 0.1) is 6.92 Å². The van der Waals surface area contributed by atoms with Crippen LogP contribution in [0.1, 0.15) is 27.3 Å². The van der Waals surface area contributed by atoms with Gasteiger partial charge in [-0.1, -0.05) is 0 Å². The minimum absolute atomic E-state index is 0.0469. The minimum atomic E-state index is -0.275. The van der Waals surface area contributed by atoms with Gasteiger partial charge < -0.3 is 10.4 Å². The van der Waals surface area contributed by atoms with Crippen LogP contribution in [-0.4, -0.2) is 37.2 Å². The van der Waals surface area contributed by atoms with Crippen molar-refractivity contribution < 1.29 is 9.90 Å². The number of carbonyl (C=O) groups is 1. The number of fused-ring (bicyclic) bond motifs is 1. The van der Waals surface area contributed by atoms with Crippen molar-refractivity contribution in [1.29, 1.82) is 0 Å². The number of carbonyl (C=O) groups excluding carboxylic acids is 1. The van der Waals surface area contributed by atoms with Crippen molar-refractivity contribution in [2.75, 3.05) is 6.61 Å². The Morgan fingerprint density at radius 2 is 2.22 bits per heavy atom. The summed E-state index contributed by atoms with van der Waals surface area (Å²) < 4.78 is 1.55. The maximum atomic E-state index is 12.2. The number of hydrogen-bond acceptors (Lipinski definition) is 5. The van der Waals surface area contributed by atoms with Crippen LogP contribution in [0.15, 0.2) is 36.8 Å². The van der Waals surface area contributed by atoms with E-state index >= 15 is 0 Å². The zero-order valence-electron chi connectivity index (χ0n) is 12.7. The molecule has 0 aliphatic carbocycles. The van der Waals surface area contributed by atoms with Gasteiger partial charge in [0.2, 0.25) is 0 Å². The number of aryl methyl sites for hydroxylation is 1. The molecule has 3 heterocycles. The number of nitrogens with one attached hydrogen (secondary N) is 1. The van der Waals surface area contributed by atoms with Crippen LogP contribution in [0.3, 0.4) is 0 Å². The highest BCUT2D eigenvalue weighted by Crippen LogP contribution is 2.07. The Morgan fingerprint density at radius 1 is 1.35 bits per heavy atom. The average molecular weight is 311 g/mol. The van der Waals surface area contributed by atoms with E-state index in [1.54, 1.807) is 29.2 Å². The number of pyridine rings is 1. The third kappa shape index (κ3) is 3.51. The summed E-state index contributed by atoms with van der Waals surface area (Å²) in [6.45, 7) is 2.37. The van der Waals surface area contributed by atoms with Crippen molar-refractivity contribution in [1.82, 2.24) is 24.9 Å². The zero-order valence-corrected chi connectivity index (χ0v) is 12.7. The molecule has 0 aliphatic rings. The van der Waals surface area contributed by atoms with Gasteiger partial charge >= 0.3 is 0 Å². The Morgan fingerprint density at radius 3 is 3.00 bits per heavy atom. The molecule has 3 rings (SSSR count). The largest absolute Gasteiger partial charge is 0.396 e. The van der Waals surface area contributed by atoms with E-state index in [9.17, 15) is 4.79 Å². The third-order valence-electron chi connectivity index (χ3n) is 3.40. The molecular weight excluding hydrogens is 294 g/mol. The topological polar surface area (TPSA) is 92.4 Å². The van der Waals surface area contributed by atoms with Crippen molar-refractivity contribution >= 4 is 11.6 Å². The number of aromatic nitrogens is 4. The molecule has 2 N–H and O–H groups in total. The second kappa shape index (κ2) is 6.53. The van der Waals surface area contributed by atoms with Crippen LogP contribution >= 0.6 is 0 Å². The van der Waals surface area contributed by atoms with E-state index in [1.165, 1.54) is 0 Å². The fourth-order valence-corrected chi connectivity index (χ4v) is 2.24. The molecule has 0 unspecified atom stereocenters. The fourth-order valence-electron chi connectivity index (χ4n) is 2.24. The minimum Gasteiger partial charge on any atom is -0.396 e. The molecule has 0 radical (unpaired) electrons. The molecule has 118 valence electrons. The Labute approximate surface area is 133 Å². The lowest BCUT2D eigenvalue weighted by Gasteiger charge is -2.03. The van der Waals surface area contributed by atoms with Crippen LogP contribution in [0.5, 0.6) is 0 Å². The lowest BCUT2D eigenvalue weighted by Crippen LogP contribution is -2.23. The monoisotopic (exact) mass is 311 g/mol. The second-order valence-corrected chi connectivity index (χ2v) is 5.28. The number of rotatable bonds is 5. The van der Waals surface area contributed by atoms with E-state index in [2.05, 4.69) is 20.4 Å². The van der Waals surface area contributed by atoms with Gasteiger partial charge in [-0.3, -0.25) is 9.78 Å². The van der Waals surface area contributed by atoms with Crippen molar-refractivity contribution in [2.24, 2.45) is 0 Å². The zero-order chi connectivity index (χ0) is 16.2. The molecule has 0 spiro atoms. The molecular formula is C16H17N5O2. The van der Waals surface area contributed by atoms with Gasteiger partial charge in [-0.05, 0) is 36.6 Å². The van der Waals surface area contributed by atoms with E-state index in [0.29, 0.717) is 24.3 Å². The van der Waals surface area contributed by atoms with Gasteiger partial charge in [-0.25, -0.2) is 9.50 Å². The normalized spacial score (nSPS) is 10.9. The summed E-state index contributed by atoms with van der Waals surface area (Å²) >= 11 is 0. The van der Waals surface area contributed by atoms with Crippen LogP contribution in [-0.2, 0) is 13.0 Å². The highest BCUT2D eigenvalue weighted by molar-refractivity contribution is 5.93. The summed E-state index contributed by atoms with van der Waals surface area (Å²) in [5.74, 6) is -0.275. The fraction of sp³-hybridized carbons (Fsp3) is 0.250. The summed E-state index contributed by atoms with van der Waals surface area (Å²) in [5.41, 5.74) is 3.64. The number of amides is 1. The molecule has 23 heavy (non-hydrogen) atoms. The van der Waals surface area contributed by atoms with Crippen LogP contribution in [0.4, 0.5) is 0 Å². The van der Waals surface area contributed by atoms with E-state index in [4.69, 9.17) is 5.11 Å². The summed E-state index contributed by atoms with van der Waals surface area (Å²) in [6, 6.07) is 5.46. The Balaban J connectivity index is 1.73. The smallest absolute Gasteiger partial charge is 0.272 e. The van der Waals surface area contributed by atoms with E-state index in [-0.39, 0.29) is 12.5 Å². The van der Waals surface area contributed by atoms with Gasteiger partial charge in [0.1, 0.15) is 0 Å². The van der Waals surface area contributed by atoms with Gasteiger partial charge in [0.15, 0.2) is 11.3 Å². The van der Waals surface area contributed by atoms with Crippen molar-refractivity contribution in [3.63, 3.8) is 0 Å². The summed E-state index contributed by atoms with van der Waals surface area (Å²) in [6.07, 6.45) is 5.65. The van der Waals surface area contributed by atoms with E-state index in [0.717, 1.165) is 16.8 Å². The number of nitrogens with zero attached hydrogens (tertiary/aromatic N) is 4. The first-order valence-electron chi connectivity index (χ1n) is 7.30. The van der Waals surface area contributed by atoms with Gasteiger partial charge in [-0.15, -0.1) is 0 Å². The quantitative estimate of drug-likeness (QED) is 0.730. The predicted octanol–water partition coefficient (Wildman–Crippen LogP) is 0.898. The van der Waals surface area contributed by atoms with Crippen molar-refractivity contribution in [3.8, 4) is 0 Å². The Hall–Kier alpha value is -2.80. The van der Waals surface area contributed by atoms with Crippen molar-refractivity contribution in [2.45, 2.75) is 19.9 Å². The molecule has 0 aliphatic heterocycles. The Kier molecular flexibility index (Phi) is 4.29. The first-order chi connectivity index (χ1) is 11.2. The first kappa shape index (κ1) is 15.1. The maximum absolute atomic E-state index is 12.2. The molecule has 7 nitrogen and oxygen atoms in total. The second-order valence-electron chi connectivity index (χ2n) is 5.28. The lowest BCUT2D eigenvalue weighted by atomic mass is 10.2. The van der Waals surface area contributed by atoms with E-state index < -0.39 is 0 Å². The maximum Gasteiger partial charge on any atom is 0.272 e. The SMILES string of the molecule is Cc1ccnc(CNC(=O)c2cc3ncc(CCO)cn3n2)c1. The number of aliphatic hydroxyl groups excluding tert-OH is 1. The van der Waals surface area contributed by atoms with Crippen molar-refractivity contribution in [3.05, 3.63) is 59.3 Å². The van der Waals surface area contributed by atoms with Gasteiger partial charge in [0, 0.05) is 31.3 Å². The van der Waals surface area contributed by atoms with Gasteiger partial charge in [0.05, 0.1) is 12.2 Å². The standard InChI is InChI=1S/C16H17N5O2/c1-11-2-4-17-13(6-11)9-19-16(23)14-7-15-18-8-12(3-5-22)10-21(15)20-14/h2,4,6-8,10,22H,3,5,9H2,1H3,(H,19,23). The third-order valence-corrected chi connectivity index (χ3v) is 3.40. The molecule has 7 heteroatoms. The van der Waals surface area contributed by atoms with E-state index in [1.807, 2.05) is 19.1 Å². The van der Waals surface area contributed by atoms with Crippen LogP contribution < -0.4 is 5.32 Å². The molecule has 0 fully saturated rings. The predicted molar refractivity (Wildman–Crippen MR) is 83.9 cm³/mol. The summed E-state index contributed by atoms with van der Waals surface area (Å²) in [7, 11) is 0. The number of hydrogen-bond donors (Lipinski definition) is 2.